The van der Waals surface area contributed by atoms with E-state index < -0.39 is 10.0 Å². The topological polar surface area (TPSA) is 73.2 Å². The molecule has 0 aliphatic carbocycles. The van der Waals surface area contributed by atoms with Crippen LogP contribution in [0, 0.1) is 10.5 Å². The molecular weight excluding hydrogens is 465 g/mol. The van der Waals surface area contributed by atoms with Gasteiger partial charge in [-0.15, -0.1) is 0 Å². The Balaban J connectivity index is 1.72. The van der Waals surface area contributed by atoms with Gasteiger partial charge in [-0.05, 0) is 65.4 Å². The van der Waals surface area contributed by atoms with Gasteiger partial charge in [-0.25, -0.2) is 18.1 Å². The summed E-state index contributed by atoms with van der Waals surface area (Å²) < 4.78 is 35.5. The number of hydrogen-bond acceptors (Lipinski definition) is 4. The number of aryl methyl sites for hydroxylation is 1. The number of rotatable bonds is 6. The number of imidazole rings is 1. The molecule has 1 heterocycles. The van der Waals surface area contributed by atoms with Crippen molar-refractivity contribution in [3.63, 3.8) is 0 Å². The Morgan fingerprint density at radius 3 is 2.50 bits per heavy atom. The molecule has 0 aliphatic heterocycles. The molecule has 2 aromatic carbocycles. The third-order valence-corrected chi connectivity index (χ3v) is 6.18. The van der Waals surface area contributed by atoms with Crippen molar-refractivity contribution in [1.29, 1.82) is 0 Å². The van der Waals surface area contributed by atoms with E-state index in [2.05, 4.69) is 32.3 Å². The third-order valence-electron chi connectivity index (χ3n) is 3.94. The van der Waals surface area contributed by atoms with Crippen LogP contribution in [-0.2, 0) is 16.6 Å². The molecule has 26 heavy (non-hydrogen) atoms. The van der Waals surface area contributed by atoms with Gasteiger partial charge in [0.15, 0.2) is 0 Å². The summed E-state index contributed by atoms with van der Waals surface area (Å²) in [5.74, 6) is 1.54. The molecule has 0 radical (unpaired) electrons. The van der Waals surface area contributed by atoms with Crippen LogP contribution >= 0.6 is 22.6 Å². The lowest BCUT2D eigenvalue weighted by molar-refractivity contribution is 0.411. The molecule has 0 atom stereocenters. The summed E-state index contributed by atoms with van der Waals surface area (Å²) >= 11 is 2.05. The summed E-state index contributed by atoms with van der Waals surface area (Å²) in [7, 11) is -2.04. The quantitative estimate of drug-likeness (QED) is 0.547. The molecule has 0 fully saturated rings. The predicted molar refractivity (Wildman–Crippen MR) is 108 cm³/mol. The van der Waals surface area contributed by atoms with Gasteiger partial charge in [0, 0.05) is 24.6 Å². The average Bonchev–Trinajstić information content (AvgIpc) is 3.06. The zero-order valence-electron chi connectivity index (χ0n) is 14.3. The molecule has 1 aromatic heterocycles. The molecular formula is C18H18IN3O3S. The molecule has 0 unspecified atom stereocenters. The molecule has 3 aromatic rings. The van der Waals surface area contributed by atoms with Crippen molar-refractivity contribution >= 4 is 32.6 Å². The van der Waals surface area contributed by atoms with E-state index in [1.165, 1.54) is 6.07 Å². The van der Waals surface area contributed by atoms with Crippen LogP contribution in [0.2, 0.25) is 0 Å². The van der Waals surface area contributed by atoms with E-state index >= 15 is 0 Å². The van der Waals surface area contributed by atoms with Crippen molar-refractivity contribution < 1.29 is 13.2 Å². The van der Waals surface area contributed by atoms with Crippen molar-refractivity contribution in [3.8, 4) is 11.4 Å². The molecule has 0 bridgehead atoms. The molecule has 0 aliphatic rings. The number of halogens is 1. The van der Waals surface area contributed by atoms with Crippen LogP contribution < -0.4 is 9.46 Å². The number of aromatic nitrogens is 2. The van der Waals surface area contributed by atoms with Crippen molar-refractivity contribution in [2.45, 2.75) is 18.4 Å². The van der Waals surface area contributed by atoms with Crippen LogP contribution in [0.15, 0.2) is 59.8 Å². The third kappa shape index (κ3) is 4.08. The van der Waals surface area contributed by atoms with E-state index in [0.717, 1.165) is 20.6 Å². The van der Waals surface area contributed by atoms with Crippen LogP contribution in [0.4, 0.5) is 0 Å². The maximum Gasteiger partial charge on any atom is 0.240 e. The number of nitrogens with one attached hydrogen (secondary N) is 1. The number of sulfonamides is 1. The van der Waals surface area contributed by atoms with Crippen molar-refractivity contribution in [2.24, 2.45) is 0 Å². The molecule has 0 saturated carbocycles. The van der Waals surface area contributed by atoms with E-state index in [0.29, 0.717) is 5.75 Å². The Bertz CT molecular complexity index is 1010. The summed E-state index contributed by atoms with van der Waals surface area (Å²) in [6, 6.07) is 12.5. The first-order chi connectivity index (χ1) is 12.4. The first-order valence-corrected chi connectivity index (χ1v) is 10.4. The standard InChI is InChI=1S/C18H18IN3O3S/c1-13-20-9-10-22(13)15-5-3-14(4-6-15)12-21-26(23,24)16-7-8-18(25-2)17(19)11-16/h3-11,21H,12H2,1-2H3. The predicted octanol–water partition coefficient (Wildman–Crippen LogP) is 3.27. The fraction of sp³-hybridized carbons (Fsp3) is 0.167. The Labute approximate surface area is 166 Å². The second-order valence-electron chi connectivity index (χ2n) is 5.63. The average molecular weight is 483 g/mol. The highest BCUT2D eigenvalue weighted by atomic mass is 127. The molecule has 0 amide bonds. The summed E-state index contributed by atoms with van der Waals surface area (Å²) in [5, 5.41) is 0. The van der Waals surface area contributed by atoms with E-state index in [1.54, 1.807) is 25.4 Å². The van der Waals surface area contributed by atoms with Crippen LogP contribution in [0.1, 0.15) is 11.4 Å². The first-order valence-electron chi connectivity index (χ1n) is 7.83. The fourth-order valence-corrected chi connectivity index (χ4v) is 4.49. The van der Waals surface area contributed by atoms with Gasteiger partial charge in [0.05, 0.1) is 15.6 Å². The van der Waals surface area contributed by atoms with Gasteiger partial charge in [-0.2, -0.15) is 0 Å². The number of ether oxygens (including phenoxy) is 1. The number of nitrogens with zero attached hydrogens (tertiary/aromatic N) is 2. The van der Waals surface area contributed by atoms with Crippen LogP contribution in [0.5, 0.6) is 5.75 Å². The number of benzene rings is 2. The van der Waals surface area contributed by atoms with Crippen molar-refractivity contribution in [3.05, 3.63) is 69.8 Å². The van der Waals surface area contributed by atoms with Crippen LogP contribution in [-0.4, -0.2) is 25.1 Å². The Hall–Kier alpha value is -1.91. The molecule has 136 valence electrons. The molecule has 0 saturated heterocycles. The molecule has 8 heteroatoms. The molecule has 1 N–H and O–H groups in total. The summed E-state index contributed by atoms with van der Waals surface area (Å²) in [6.45, 7) is 2.15. The zero-order chi connectivity index (χ0) is 18.7. The largest absolute Gasteiger partial charge is 0.496 e. The highest BCUT2D eigenvalue weighted by molar-refractivity contribution is 14.1. The highest BCUT2D eigenvalue weighted by Crippen LogP contribution is 2.24. The summed E-state index contributed by atoms with van der Waals surface area (Å²) in [5.41, 5.74) is 1.86. The SMILES string of the molecule is COc1ccc(S(=O)(=O)NCc2ccc(-n3ccnc3C)cc2)cc1I. The van der Waals surface area contributed by atoms with E-state index in [1.807, 2.05) is 42.0 Å². The lowest BCUT2D eigenvalue weighted by atomic mass is 10.2. The monoisotopic (exact) mass is 483 g/mol. The maximum absolute atomic E-state index is 12.5. The molecule has 3 rings (SSSR count). The Morgan fingerprint density at radius 2 is 1.92 bits per heavy atom. The van der Waals surface area contributed by atoms with Crippen molar-refractivity contribution in [2.75, 3.05) is 7.11 Å². The van der Waals surface area contributed by atoms with Gasteiger partial charge in [-0.3, -0.25) is 0 Å². The lowest BCUT2D eigenvalue weighted by Crippen LogP contribution is -2.23. The van der Waals surface area contributed by atoms with Gasteiger partial charge >= 0.3 is 0 Å². The van der Waals surface area contributed by atoms with Gasteiger partial charge in [-0.1, -0.05) is 12.1 Å². The van der Waals surface area contributed by atoms with Gasteiger partial charge in [0.25, 0.3) is 0 Å². The maximum atomic E-state index is 12.5. The summed E-state index contributed by atoms with van der Waals surface area (Å²) in [6.07, 6.45) is 3.63. The lowest BCUT2D eigenvalue weighted by Gasteiger charge is -2.10. The molecule has 6 nitrogen and oxygen atoms in total. The van der Waals surface area contributed by atoms with Crippen molar-refractivity contribution in [1.82, 2.24) is 14.3 Å². The molecule has 0 spiro atoms. The number of methoxy groups -OCH3 is 1. The van der Waals surface area contributed by atoms with E-state index in [-0.39, 0.29) is 11.4 Å². The Kier molecular flexibility index (Phi) is 5.64. The van der Waals surface area contributed by atoms with E-state index in [4.69, 9.17) is 4.74 Å². The number of hydrogen-bond donors (Lipinski definition) is 1. The van der Waals surface area contributed by atoms with Crippen LogP contribution in [0.25, 0.3) is 5.69 Å². The smallest absolute Gasteiger partial charge is 0.240 e. The minimum Gasteiger partial charge on any atom is -0.496 e. The minimum atomic E-state index is -3.59. The second-order valence-corrected chi connectivity index (χ2v) is 8.56. The Morgan fingerprint density at radius 1 is 1.19 bits per heavy atom. The summed E-state index contributed by atoms with van der Waals surface area (Å²) in [4.78, 5) is 4.41. The van der Waals surface area contributed by atoms with E-state index in [9.17, 15) is 8.42 Å². The fourth-order valence-electron chi connectivity index (χ4n) is 2.50. The second kappa shape index (κ2) is 7.77. The highest BCUT2D eigenvalue weighted by Gasteiger charge is 2.15. The van der Waals surface area contributed by atoms with Gasteiger partial charge in [0.1, 0.15) is 11.6 Å². The van der Waals surface area contributed by atoms with Crippen LogP contribution in [0.3, 0.4) is 0 Å². The minimum absolute atomic E-state index is 0.216. The van der Waals surface area contributed by atoms with Gasteiger partial charge in [0.2, 0.25) is 10.0 Å². The first kappa shape index (κ1) is 18.9. The van der Waals surface area contributed by atoms with Gasteiger partial charge < -0.3 is 9.30 Å². The normalized spacial score (nSPS) is 11.5. The zero-order valence-corrected chi connectivity index (χ0v) is 17.3.